The molecule has 2 aromatic rings. The number of aromatic nitrogens is 6. The number of hydrogen-bond donors (Lipinski definition) is 4. The van der Waals surface area contributed by atoms with E-state index in [2.05, 4.69) is 45.5 Å². The average Bonchev–Trinajstić information content (AvgIpc) is 3.47. The number of carboxylic acid groups (broad SMARTS) is 1. The van der Waals surface area contributed by atoms with Crippen molar-refractivity contribution in [3.05, 3.63) is 17.1 Å². The molecule has 2 atom stereocenters. The van der Waals surface area contributed by atoms with Crippen molar-refractivity contribution in [2.75, 3.05) is 24.3 Å². The molecule has 2 aliphatic rings. The average molecular weight is 556 g/mol. The van der Waals surface area contributed by atoms with E-state index >= 15 is 0 Å². The van der Waals surface area contributed by atoms with Gasteiger partial charge in [-0.15, -0.1) is 16.9 Å². The van der Waals surface area contributed by atoms with E-state index in [9.17, 15) is 24.3 Å². The highest BCUT2D eigenvalue weighted by atomic mass is 32.2. The number of hydrogen-bond acceptors (Lipinski definition) is 15. The number of carbonyl (C=O) groups is 4. The van der Waals surface area contributed by atoms with Gasteiger partial charge in [0, 0.05) is 37.1 Å². The third-order valence-corrected chi connectivity index (χ3v) is 7.76. The number of rotatable bonds is 8. The number of aliphatic carboxylic acids is 1. The van der Waals surface area contributed by atoms with Crippen molar-refractivity contribution in [3.8, 4) is 0 Å². The van der Waals surface area contributed by atoms with Crippen LogP contribution in [0.1, 0.15) is 5.82 Å². The molecule has 0 spiro atoms. The molecular formula is C16H17N11O6S3. The second kappa shape index (κ2) is 10.5. The number of thioether (sulfide) groups is 2. The molecule has 20 heteroatoms. The number of nitrogens with two attached hydrogens (primary N) is 1. The van der Waals surface area contributed by atoms with E-state index in [1.165, 1.54) is 35.3 Å². The maximum atomic E-state index is 12.9. The number of nitrogens with one attached hydrogen (secondary N) is 2. The number of aryl methyl sites for hydroxylation is 1. The van der Waals surface area contributed by atoms with E-state index in [0.29, 0.717) is 16.5 Å². The van der Waals surface area contributed by atoms with Crippen LogP contribution in [0.2, 0.25) is 0 Å². The topological polar surface area (TPSA) is 233 Å². The van der Waals surface area contributed by atoms with Crippen molar-refractivity contribution in [1.82, 2.24) is 45.1 Å². The zero-order chi connectivity index (χ0) is 26.0. The summed E-state index contributed by atoms with van der Waals surface area (Å²) >= 11 is 3.31. The van der Waals surface area contributed by atoms with E-state index < -0.39 is 41.0 Å². The summed E-state index contributed by atoms with van der Waals surface area (Å²) in [4.78, 5) is 58.9. The lowest BCUT2D eigenvalue weighted by atomic mass is 10.0. The van der Waals surface area contributed by atoms with Crippen LogP contribution in [0.3, 0.4) is 0 Å². The Morgan fingerprint density at radius 2 is 2.17 bits per heavy atom. The zero-order valence-electron chi connectivity index (χ0n) is 18.4. The van der Waals surface area contributed by atoms with Gasteiger partial charge < -0.3 is 21.5 Å². The summed E-state index contributed by atoms with van der Waals surface area (Å²) in [7, 11) is 2.95. The van der Waals surface area contributed by atoms with Gasteiger partial charge in [-0.2, -0.15) is 9.36 Å². The molecule has 1 fully saturated rings. The van der Waals surface area contributed by atoms with E-state index in [4.69, 9.17) is 5.73 Å². The monoisotopic (exact) mass is 555 g/mol. The smallest absolute Gasteiger partial charge is 0.433 e. The molecule has 4 heterocycles. The first-order chi connectivity index (χ1) is 17.2. The molecule has 0 unspecified atom stereocenters. The molecule has 36 heavy (non-hydrogen) atoms. The Hall–Kier alpha value is -3.78. The fraction of sp³-hybridized carbons (Fsp3) is 0.375. The molecule has 0 aliphatic carbocycles. The predicted octanol–water partition coefficient (Wildman–Crippen LogP) is -1.77. The van der Waals surface area contributed by atoms with E-state index in [1.54, 1.807) is 7.05 Å². The van der Waals surface area contributed by atoms with Crippen LogP contribution in [0.15, 0.2) is 21.6 Å². The van der Waals surface area contributed by atoms with Gasteiger partial charge in [0.1, 0.15) is 17.1 Å². The number of β-lactam (4-membered cyclic amide) rings is 1. The van der Waals surface area contributed by atoms with Gasteiger partial charge in [0.15, 0.2) is 5.13 Å². The van der Waals surface area contributed by atoms with E-state index in [1.807, 2.05) is 0 Å². The summed E-state index contributed by atoms with van der Waals surface area (Å²) in [5.41, 5.74) is 5.44. The second-order valence-electron chi connectivity index (χ2n) is 7.02. The SMILES string of the molecule is CNC(=O)O/N=C(\C(=O)N[C@@H]1C(=O)N2C(C(=O)O)=C(CSc3nnnn3C)CS[C@H]12)c1nsc(N)n1. The largest absolute Gasteiger partial charge is 0.477 e. The van der Waals surface area contributed by atoms with Gasteiger partial charge in [-0.25, -0.2) is 14.3 Å². The van der Waals surface area contributed by atoms with Gasteiger partial charge in [-0.3, -0.25) is 19.3 Å². The van der Waals surface area contributed by atoms with Gasteiger partial charge >= 0.3 is 12.1 Å². The van der Waals surface area contributed by atoms with E-state index in [-0.39, 0.29) is 22.4 Å². The fourth-order valence-corrected chi connectivity index (χ4v) is 5.92. The summed E-state index contributed by atoms with van der Waals surface area (Å²) in [5, 5.41) is 28.9. The van der Waals surface area contributed by atoms with Crippen LogP contribution < -0.4 is 16.4 Å². The van der Waals surface area contributed by atoms with Crippen LogP contribution in [0.4, 0.5) is 9.93 Å². The highest BCUT2D eigenvalue weighted by Gasteiger charge is 2.54. The molecule has 3 amide bonds. The van der Waals surface area contributed by atoms with Crippen LogP contribution in [0.5, 0.6) is 0 Å². The first-order valence-corrected chi connectivity index (χ1v) is 12.6. The maximum Gasteiger partial charge on any atom is 0.433 e. The molecule has 0 aromatic carbocycles. The lowest BCUT2D eigenvalue weighted by molar-refractivity contribution is -0.150. The van der Waals surface area contributed by atoms with Crippen molar-refractivity contribution in [2.45, 2.75) is 16.6 Å². The minimum atomic E-state index is -1.27. The first-order valence-electron chi connectivity index (χ1n) is 9.83. The Labute approximate surface area is 214 Å². The molecule has 17 nitrogen and oxygen atoms in total. The Bertz CT molecular complexity index is 1290. The molecule has 0 radical (unpaired) electrons. The molecule has 1 saturated heterocycles. The standard InChI is InChI=1S/C16H17N11O6S3/c1-18-16(32)33-22-6(9-20-14(17)36-23-9)10(28)19-7-11(29)27-8(13(30)31)5(3-34-12(7)27)4-35-15-21-24-25-26(15)2/h7,12H,3-4H2,1-2H3,(H,18,32)(H,19,28)(H,30,31)(H2,17,20,23)/b22-6-/t7-,12-/m1/s1. The normalized spacial score (nSPS) is 19.4. The predicted molar refractivity (Wildman–Crippen MR) is 126 cm³/mol. The van der Waals surface area contributed by atoms with Gasteiger partial charge in [-0.1, -0.05) is 16.9 Å². The highest BCUT2D eigenvalue weighted by molar-refractivity contribution is 8.01. The molecule has 2 aromatic heterocycles. The van der Waals surface area contributed by atoms with Crippen molar-refractivity contribution < 1.29 is 29.1 Å². The molecule has 2 aliphatic heterocycles. The van der Waals surface area contributed by atoms with Crippen LogP contribution in [-0.2, 0) is 26.3 Å². The third-order valence-electron chi connectivity index (χ3n) is 4.79. The van der Waals surface area contributed by atoms with Crippen molar-refractivity contribution in [1.29, 1.82) is 0 Å². The molecule has 190 valence electrons. The lowest BCUT2D eigenvalue weighted by Gasteiger charge is -2.49. The summed E-state index contributed by atoms with van der Waals surface area (Å²) in [5.74, 6) is -2.46. The van der Waals surface area contributed by atoms with Gasteiger partial charge in [0.05, 0.1) is 0 Å². The number of anilines is 1. The van der Waals surface area contributed by atoms with E-state index in [0.717, 1.165) is 16.4 Å². The molecular weight excluding hydrogens is 538 g/mol. The summed E-state index contributed by atoms with van der Waals surface area (Å²) in [6.45, 7) is 0. The van der Waals surface area contributed by atoms with Gasteiger partial charge in [0.2, 0.25) is 16.7 Å². The molecule has 0 bridgehead atoms. The van der Waals surface area contributed by atoms with Crippen molar-refractivity contribution >= 4 is 69.8 Å². The number of carbonyl (C=O) groups excluding carboxylic acids is 3. The Balaban J connectivity index is 1.50. The van der Waals surface area contributed by atoms with Crippen LogP contribution in [0.25, 0.3) is 0 Å². The Kier molecular flexibility index (Phi) is 7.35. The Morgan fingerprint density at radius 3 is 2.78 bits per heavy atom. The fourth-order valence-electron chi connectivity index (χ4n) is 3.15. The number of amides is 3. The van der Waals surface area contributed by atoms with Crippen LogP contribution >= 0.6 is 35.1 Å². The minimum absolute atomic E-state index is 0.0397. The maximum absolute atomic E-state index is 12.9. The lowest BCUT2D eigenvalue weighted by Crippen LogP contribution is -2.71. The number of oxime groups is 1. The quantitative estimate of drug-likeness (QED) is 0.0928. The number of tetrazole rings is 1. The van der Waals surface area contributed by atoms with Gasteiger partial charge in [0.25, 0.3) is 11.8 Å². The minimum Gasteiger partial charge on any atom is -0.477 e. The van der Waals surface area contributed by atoms with Crippen LogP contribution in [-0.4, -0.2) is 99.1 Å². The Morgan fingerprint density at radius 1 is 1.39 bits per heavy atom. The first kappa shape index (κ1) is 25.3. The number of nitrogens with zero attached hydrogens (tertiary/aromatic N) is 8. The van der Waals surface area contributed by atoms with Crippen molar-refractivity contribution in [2.24, 2.45) is 12.2 Å². The molecule has 5 N–H and O–H groups in total. The molecule has 4 rings (SSSR count). The van der Waals surface area contributed by atoms with Crippen LogP contribution in [0, 0.1) is 0 Å². The number of nitrogen functional groups attached to an aromatic ring is 1. The zero-order valence-corrected chi connectivity index (χ0v) is 20.9. The summed E-state index contributed by atoms with van der Waals surface area (Å²) in [6.07, 6.45) is -0.948. The highest BCUT2D eigenvalue weighted by Crippen LogP contribution is 2.41. The summed E-state index contributed by atoms with van der Waals surface area (Å²) in [6, 6.07) is -1.06. The van der Waals surface area contributed by atoms with Gasteiger partial charge in [-0.05, 0) is 16.0 Å². The van der Waals surface area contributed by atoms with Crippen molar-refractivity contribution in [3.63, 3.8) is 0 Å². The number of carboxylic acids is 1. The number of fused-ring (bicyclic) bond motifs is 1. The summed E-state index contributed by atoms with van der Waals surface area (Å²) < 4.78 is 5.33. The third kappa shape index (κ3) is 4.95. The molecule has 0 saturated carbocycles. The second-order valence-corrected chi connectivity index (χ2v) is 9.85.